The molecule has 2 heterocycles. The van der Waals surface area contributed by atoms with Gasteiger partial charge in [-0.15, -0.1) is 0 Å². The van der Waals surface area contributed by atoms with Crippen LogP contribution in [-0.2, 0) is 16.0 Å². The van der Waals surface area contributed by atoms with Crippen LogP contribution in [-0.4, -0.2) is 60.4 Å². The molecule has 174 valence electrons. The summed E-state index contributed by atoms with van der Waals surface area (Å²) in [5.74, 6) is 0.664. The average Bonchev–Trinajstić information content (AvgIpc) is 3.42. The minimum absolute atomic E-state index is 0.0861. The quantitative estimate of drug-likeness (QED) is 0.655. The van der Waals surface area contributed by atoms with Crippen molar-refractivity contribution in [3.8, 4) is 0 Å². The number of likely N-dealkylation sites (N-methyl/N-ethyl adjacent to an activating group) is 1. The van der Waals surface area contributed by atoms with Crippen LogP contribution < -0.4 is 10.6 Å². The van der Waals surface area contributed by atoms with Gasteiger partial charge in [0.15, 0.2) is 0 Å². The van der Waals surface area contributed by atoms with Gasteiger partial charge in [-0.2, -0.15) is 0 Å². The lowest BCUT2D eigenvalue weighted by Gasteiger charge is -2.33. The summed E-state index contributed by atoms with van der Waals surface area (Å²) < 4.78 is 0. The first-order valence-corrected chi connectivity index (χ1v) is 12.4. The summed E-state index contributed by atoms with van der Waals surface area (Å²) in [6, 6.07) is 9.83. The normalized spacial score (nSPS) is 22.9. The van der Waals surface area contributed by atoms with Crippen LogP contribution in [0.1, 0.15) is 51.0 Å². The van der Waals surface area contributed by atoms with Crippen molar-refractivity contribution in [3.05, 3.63) is 47.8 Å². The Morgan fingerprint density at radius 3 is 2.56 bits per heavy atom. The fourth-order valence-corrected chi connectivity index (χ4v) is 5.40. The molecule has 0 spiro atoms. The molecule has 2 N–H and O–H groups in total. The van der Waals surface area contributed by atoms with Crippen LogP contribution >= 0.6 is 0 Å². The molecule has 0 aromatic heterocycles. The summed E-state index contributed by atoms with van der Waals surface area (Å²) in [5, 5.41) is 6.12. The van der Waals surface area contributed by atoms with Crippen LogP contribution in [0.2, 0.25) is 0 Å². The molecule has 32 heavy (non-hydrogen) atoms. The lowest BCUT2D eigenvalue weighted by molar-refractivity contribution is -0.136. The van der Waals surface area contributed by atoms with Crippen molar-refractivity contribution in [2.75, 3.05) is 26.7 Å². The third-order valence-electron chi connectivity index (χ3n) is 7.51. The first-order valence-electron chi connectivity index (χ1n) is 12.4. The maximum Gasteiger partial charge on any atom is 0.249 e. The van der Waals surface area contributed by atoms with Crippen LogP contribution in [0.4, 0.5) is 0 Å². The highest BCUT2D eigenvalue weighted by molar-refractivity contribution is 5.91. The number of hydrogen-bond acceptors (Lipinski definition) is 4. The molecule has 0 bridgehead atoms. The number of benzene rings is 1. The highest BCUT2D eigenvalue weighted by Crippen LogP contribution is 2.36. The minimum atomic E-state index is -0.420. The van der Waals surface area contributed by atoms with Crippen LogP contribution in [0.5, 0.6) is 0 Å². The molecule has 0 radical (unpaired) electrons. The van der Waals surface area contributed by atoms with E-state index in [2.05, 4.69) is 46.0 Å². The molecule has 4 rings (SSSR count). The van der Waals surface area contributed by atoms with E-state index in [4.69, 9.17) is 0 Å². The molecule has 6 heteroatoms. The predicted octanol–water partition coefficient (Wildman–Crippen LogP) is 2.91. The number of carbonyl (C=O) groups excluding carboxylic acids is 2. The number of nitrogens with zero attached hydrogens (tertiary/aromatic N) is 2. The molecule has 1 unspecified atom stereocenters. The van der Waals surface area contributed by atoms with E-state index < -0.39 is 6.04 Å². The third-order valence-corrected chi connectivity index (χ3v) is 7.51. The highest BCUT2D eigenvalue weighted by Gasteiger charge is 2.41. The van der Waals surface area contributed by atoms with Crippen LogP contribution in [0.15, 0.2) is 42.2 Å². The van der Waals surface area contributed by atoms with Gasteiger partial charge in [0, 0.05) is 37.4 Å². The van der Waals surface area contributed by atoms with Crippen molar-refractivity contribution in [1.82, 2.24) is 20.4 Å². The average molecular weight is 439 g/mol. The van der Waals surface area contributed by atoms with Crippen LogP contribution in [0.25, 0.3) is 0 Å². The molecule has 1 saturated heterocycles. The highest BCUT2D eigenvalue weighted by atomic mass is 16.2. The van der Waals surface area contributed by atoms with Gasteiger partial charge in [0.25, 0.3) is 0 Å². The zero-order valence-corrected chi connectivity index (χ0v) is 19.6. The molecule has 2 aliphatic heterocycles. The third kappa shape index (κ3) is 5.17. The fourth-order valence-electron chi connectivity index (χ4n) is 5.40. The second-order valence-corrected chi connectivity index (χ2v) is 9.65. The Bertz CT molecular complexity index is 818. The molecule has 3 atom stereocenters. The Morgan fingerprint density at radius 2 is 1.84 bits per heavy atom. The van der Waals surface area contributed by atoms with Crippen molar-refractivity contribution < 1.29 is 9.59 Å². The van der Waals surface area contributed by atoms with Crippen molar-refractivity contribution >= 4 is 11.8 Å². The maximum atomic E-state index is 13.8. The number of likely N-dealkylation sites (tertiary alicyclic amines) is 1. The van der Waals surface area contributed by atoms with Crippen LogP contribution in [0.3, 0.4) is 0 Å². The fraction of sp³-hybridized carbons (Fsp3) is 0.615. The zero-order chi connectivity index (χ0) is 22.5. The maximum absolute atomic E-state index is 13.8. The number of rotatable bonds is 8. The molecule has 6 nitrogen and oxygen atoms in total. The van der Waals surface area contributed by atoms with Crippen molar-refractivity contribution in [2.24, 2.45) is 11.8 Å². The van der Waals surface area contributed by atoms with Crippen molar-refractivity contribution in [2.45, 2.75) is 64.0 Å². The zero-order valence-electron chi connectivity index (χ0n) is 19.6. The van der Waals surface area contributed by atoms with E-state index in [1.54, 1.807) is 7.05 Å². The molecular formula is C26H38N4O2. The second kappa shape index (κ2) is 10.5. The number of carbonyl (C=O) groups is 2. The molecule has 2 amide bonds. The number of amides is 2. The molecule has 1 aliphatic carbocycles. The molecule has 3 aliphatic rings. The van der Waals surface area contributed by atoms with E-state index in [0.29, 0.717) is 5.92 Å². The molecule has 1 aromatic rings. The Morgan fingerprint density at radius 1 is 1.09 bits per heavy atom. The molecule has 1 saturated carbocycles. The van der Waals surface area contributed by atoms with E-state index >= 15 is 0 Å². The predicted molar refractivity (Wildman–Crippen MR) is 127 cm³/mol. The Balaban J connectivity index is 1.44. The largest absolute Gasteiger partial charge is 0.375 e. The van der Waals surface area contributed by atoms with Gasteiger partial charge in [0.2, 0.25) is 11.8 Å². The second-order valence-electron chi connectivity index (χ2n) is 9.65. The molecular weight excluding hydrogens is 400 g/mol. The van der Waals surface area contributed by atoms with Crippen LogP contribution in [0, 0.1) is 11.8 Å². The summed E-state index contributed by atoms with van der Waals surface area (Å²) in [6.07, 6.45) is 9.77. The summed E-state index contributed by atoms with van der Waals surface area (Å²) in [6.45, 7) is 4.56. The van der Waals surface area contributed by atoms with E-state index in [9.17, 15) is 9.59 Å². The van der Waals surface area contributed by atoms with E-state index in [1.165, 1.54) is 12.0 Å². The van der Waals surface area contributed by atoms with Crippen molar-refractivity contribution in [3.63, 3.8) is 0 Å². The number of nitrogens with one attached hydrogen (secondary N) is 2. The number of fused-ring (bicyclic) bond motifs is 1. The Kier molecular flexibility index (Phi) is 7.51. The lowest BCUT2D eigenvalue weighted by atomic mass is 9.83. The smallest absolute Gasteiger partial charge is 0.249 e. The summed E-state index contributed by atoms with van der Waals surface area (Å²) in [5.41, 5.74) is 2.49. The van der Waals surface area contributed by atoms with E-state index in [0.717, 1.165) is 63.9 Å². The monoisotopic (exact) mass is 438 g/mol. The van der Waals surface area contributed by atoms with Crippen molar-refractivity contribution in [1.29, 1.82) is 0 Å². The van der Waals surface area contributed by atoms with Gasteiger partial charge >= 0.3 is 0 Å². The molecule has 2 fully saturated rings. The van der Waals surface area contributed by atoms with E-state index in [-0.39, 0.29) is 23.8 Å². The SMILES string of the molecule is CNC(C)C(=O)N[C@H](C(=O)N1CC[C@H]2CN(CCc3ccccc3)C=C21)C1CCCCC1. The summed E-state index contributed by atoms with van der Waals surface area (Å²) in [4.78, 5) is 30.8. The van der Waals surface area contributed by atoms with Gasteiger partial charge in [0.05, 0.1) is 6.04 Å². The standard InChI is InChI=1S/C26H38N4O2/c1-19(27-2)25(31)28-24(21-11-7-4-8-12-21)26(32)30-16-14-22-17-29(18-23(22)30)15-13-20-9-5-3-6-10-20/h3,5-6,9-10,18-19,21-22,24,27H,4,7-8,11-17H2,1-2H3,(H,28,31)/t19?,22-,24-/m0/s1. The lowest BCUT2D eigenvalue weighted by Crippen LogP contribution is -2.55. The van der Waals surface area contributed by atoms with Gasteiger partial charge < -0.3 is 20.4 Å². The Labute approximate surface area is 192 Å². The van der Waals surface area contributed by atoms with Gasteiger partial charge in [-0.25, -0.2) is 0 Å². The van der Waals surface area contributed by atoms with Gasteiger partial charge in [-0.05, 0) is 51.1 Å². The Hall–Kier alpha value is -2.34. The van der Waals surface area contributed by atoms with Gasteiger partial charge in [-0.1, -0.05) is 49.6 Å². The summed E-state index contributed by atoms with van der Waals surface area (Å²) >= 11 is 0. The first kappa shape index (κ1) is 22.8. The molecule has 1 aromatic carbocycles. The first-order chi connectivity index (χ1) is 15.6. The van der Waals surface area contributed by atoms with Gasteiger partial charge in [-0.3, -0.25) is 9.59 Å². The minimum Gasteiger partial charge on any atom is -0.375 e. The van der Waals surface area contributed by atoms with Gasteiger partial charge in [0.1, 0.15) is 6.04 Å². The number of hydrogen-bond donors (Lipinski definition) is 2. The van der Waals surface area contributed by atoms with E-state index in [1.807, 2.05) is 17.9 Å². The topological polar surface area (TPSA) is 64.7 Å². The summed E-state index contributed by atoms with van der Waals surface area (Å²) in [7, 11) is 1.78.